The van der Waals surface area contributed by atoms with Crippen molar-refractivity contribution >= 4 is 23.6 Å². The Labute approximate surface area is 172 Å². The van der Waals surface area contributed by atoms with Crippen molar-refractivity contribution in [2.24, 2.45) is 5.73 Å². The normalized spacial score (nSPS) is 21.2. The Balaban J connectivity index is 1.59. The van der Waals surface area contributed by atoms with Gasteiger partial charge >= 0.3 is 0 Å². The van der Waals surface area contributed by atoms with Crippen molar-refractivity contribution < 1.29 is 19.1 Å². The van der Waals surface area contributed by atoms with E-state index in [2.05, 4.69) is 20.9 Å². The van der Waals surface area contributed by atoms with E-state index in [-0.39, 0.29) is 11.4 Å². The van der Waals surface area contributed by atoms with Gasteiger partial charge in [-0.1, -0.05) is 6.07 Å². The molecule has 1 aromatic carbocycles. The van der Waals surface area contributed by atoms with Crippen molar-refractivity contribution in [3.05, 3.63) is 53.9 Å². The summed E-state index contributed by atoms with van der Waals surface area (Å²) in [5, 5.41) is 8.56. The molecule has 5 N–H and O–H groups in total. The van der Waals surface area contributed by atoms with Gasteiger partial charge in [0.15, 0.2) is 11.5 Å². The second kappa shape index (κ2) is 9.59. The molecule has 1 aliphatic rings. The minimum absolute atomic E-state index is 0.328. The molecule has 1 fully saturated rings. The number of aromatic nitrogens is 1. The first-order chi connectivity index (χ1) is 14.0. The number of pyridine rings is 1. The van der Waals surface area contributed by atoms with Crippen molar-refractivity contribution in [3.8, 4) is 11.5 Å². The first-order valence-corrected chi connectivity index (χ1v) is 9.93. The standard InChI is InChI=1S/C19H23N5O4S/c1-27-13-7-6-11(9-14(13)28-2)17(25)22-15-16(20)23-19(24-18(15)26)29-10-12-5-3-4-8-21-12/h3-9,15-16,19,23H,10,20H2,1-2H3,(H,22,25)(H,24,26). The molecule has 1 aliphatic heterocycles. The number of carbonyl (C=O) groups is 2. The van der Waals surface area contributed by atoms with Gasteiger partial charge in [0.1, 0.15) is 11.5 Å². The molecule has 154 valence electrons. The zero-order chi connectivity index (χ0) is 20.8. The van der Waals surface area contributed by atoms with Gasteiger partial charge in [0.25, 0.3) is 5.91 Å². The van der Waals surface area contributed by atoms with Crippen LogP contribution in [0.2, 0.25) is 0 Å². The number of thioether (sulfide) groups is 1. The van der Waals surface area contributed by atoms with Crippen LogP contribution in [0.25, 0.3) is 0 Å². The van der Waals surface area contributed by atoms with E-state index in [0.29, 0.717) is 22.8 Å². The van der Waals surface area contributed by atoms with E-state index >= 15 is 0 Å². The van der Waals surface area contributed by atoms with Gasteiger partial charge in [-0.15, -0.1) is 11.8 Å². The molecule has 2 aromatic rings. The topological polar surface area (TPSA) is 128 Å². The number of nitrogens with two attached hydrogens (primary N) is 1. The summed E-state index contributed by atoms with van der Waals surface area (Å²) >= 11 is 1.46. The number of hydrogen-bond acceptors (Lipinski definition) is 8. The van der Waals surface area contributed by atoms with Gasteiger partial charge in [-0.3, -0.25) is 19.9 Å². The predicted molar refractivity (Wildman–Crippen MR) is 109 cm³/mol. The highest BCUT2D eigenvalue weighted by molar-refractivity contribution is 7.99. The Hall–Kier alpha value is -2.82. The molecule has 0 spiro atoms. The molecule has 2 heterocycles. The molecular weight excluding hydrogens is 394 g/mol. The average molecular weight is 417 g/mol. The van der Waals surface area contributed by atoms with Crippen LogP contribution >= 0.6 is 11.8 Å². The fraction of sp³-hybridized carbons (Fsp3) is 0.316. The quantitative estimate of drug-likeness (QED) is 0.510. The molecule has 3 atom stereocenters. The molecule has 0 radical (unpaired) electrons. The van der Waals surface area contributed by atoms with E-state index in [1.54, 1.807) is 24.4 Å². The first-order valence-electron chi connectivity index (χ1n) is 8.88. The average Bonchev–Trinajstić information content (AvgIpc) is 2.74. The summed E-state index contributed by atoms with van der Waals surface area (Å²) in [4.78, 5) is 29.3. The van der Waals surface area contributed by atoms with Crippen molar-refractivity contribution in [2.45, 2.75) is 23.5 Å². The summed E-state index contributed by atoms with van der Waals surface area (Å²) in [6, 6.07) is 9.49. The molecule has 3 rings (SSSR count). The molecule has 0 aliphatic carbocycles. The van der Waals surface area contributed by atoms with Gasteiger partial charge in [-0.25, -0.2) is 0 Å². The predicted octanol–water partition coefficient (Wildman–Crippen LogP) is 0.418. The van der Waals surface area contributed by atoms with Crippen LogP contribution in [0.5, 0.6) is 11.5 Å². The highest BCUT2D eigenvalue weighted by Gasteiger charge is 2.35. The largest absolute Gasteiger partial charge is 0.493 e. The van der Waals surface area contributed by atoms with Gasteiger partial charge in [-0.2, -0.15) is 0 Å². The third kappa shape index (κ3) is 5.17. The number of amides is 2. The SMILES string of the molecule is COc1ccc(C(=O)NC2C(=O)NC(SCc3ccccn3)NC2N)cc1OC. The number of carbonyl (C=O) groups excluding carboxylic acids is 2. The lowest BCUT2D eigenvalue weighted by Gasteiger charge is -2.35. The third-order valence-corrected chi connectivity index (χ3v) is 5.36. The van der Waals surface area contributed by atoms with Gasteiger partial charge in [0, 0.05) is 17.5 Å². The van der Waals surface area contributed by atoms with E-state index in [1.165, 1.54) is 26.0 Å². The summed E-state index contributed by atoms with van der Waals surface area (Å²) in [5.74, 6) is 0.729. The van der Waals surface area contributed by atoms with Crippen LogP contribution in [0.4, 0.5) is 0 Å². The molecule has 1 aromatic heterocycles. The molecule has 3 unspecified atom stereocenters. The number of methoxy groups -OCH3 is 2. The molecule has 29 heavy (non-hydrogen) atoms. The molecule has 2 amide bonds. The van der Waals surface area contributed by atoms with Gasteiger partial charge in [-0.05, 0) is 30.3 Å². The van der Waals surface area contributed by atoms with E-state index in [1.807, 2.05) is 18.2 Å². The summed E-state index contributed by atoms with van der Waals surface area (Å²) in [6.07, 6.45) is 0.975. The fourth-order valence-electron chi connectivity index (χ4n) is 2.79. The van der Waals surface area contributed by atoms with E-state index in [4.69, 9.17) is 15.2 Å². The van der Waals surface area contributed by atoms with Crippen molar-refractivity contribution in [1.82, 2.24) is 20.9 Å². The highest BCUT2D eigenvalue weighted by atomic mass is 32.2. The van der Waals surface area contributed by atoms with Crippen LogP contribution in [0.15, 0.2) is 42.6 Å². The minimum atomic E-state index is -0.915. The summed E-state index contributed by atoms with van der Waals surface area (Å²) in [5.41, 5.74) is 6.94. The Kier molecular flexibility index (Phi) is 6.91. The van der Waals surface area contributed by atoms with E-state index in [0.717, 1.165) is 5.69 Å². The molecule has 1 saturated heterocycles. The monoisotopic (exact) mass is 417 g/mol. The van der Waals surface area contributed by atoms with Crippen molar-refractivity contribution in [3.63, 3.8) is 0 Å². The lowest BCUT2D eigenvalue weighted by atomic mass is 10.1. The Morgan fingerprint density at radius 3 is 2.69 bits per heavy atom. The van der Waals surface area contributed by atoms with Crippen LogP contribution in [-0.4, -0.2) is 48.7 Å². The lowest BCUT2D eigenvalue weighted by Crippen LogP contribution is -2.70. The van der Waals surface area contributed by atoms with Crippen LogP contribution in [0.3, 0.4) is 0 Å². The van der Waals surface area contributed by atoms with E-state index < -0.39 is 18.1 Å². The van der Waals surface area contributed by atoms with Gasteiger partial charge in [0.2, 0.25) is 5.91 Å². The second-order valence-corrected chi connectivity index (χ2v) is 7.33. The maximum absolute atomic E-state index is 12.6. The van der Waals surface area contributed by atoms with Crippen LogP contribution in [0.1, 0.15) is 16.1 Å². The number of nitrogens with zero attached hydrogens (tertiary/aromatic N) is 1. The minimum Gasteiger partial charge on any atom is -0.493 e. The third-order valence-electron chi connectivity index (χ3n) is 4.32. The zero-order valence-electron chi connectivity index (χ0n) is 16.0. The number of rotatable bonds is 7. The molecular formula is C19H23N5O4S. The maximum atomic E-state index is 12.6. The van der Waals surface area contributed by atoms with Crippen LogP contribution in [0, 0.1) is 0 Å². The lowest BCUT2D eigenvalue weighted by molar-refractivity contribution is -0.125. The Morgan fingerprint density at radius 1 is 1.24 bits per heavy atom. The number of nitrogens with one attached hydrogen (secondary N) is 3. The smallest absolute Gasteiger partial charge is 0.252 e. The van der Waals surface area contributed by atoms with Crippen molar-refractivity contribution in [2.75, 3.05) is 14.2 Å². The summed E-state index contributed by atoms with van der Waals surface area (Å²) in [7, 11) is 2.99. The second-order valence-electron chi connectivity index (χ2n) is 6.23. The van der Waals surface area contributed by atoms with Crippen molar-refractivity contribution in [1.29, 1.82) is 0 Å². The first kappa shape index (κ1) is 20.9. The Bertz CT molecular complexity index is 867. The fourth-order valence-corrected chi connectivity index (χ4v) is 3.76. The van der Waals surface area contributed by atoms with Crippen LogP contribution in [-0.2, 0) is 10.5 Å². The Morgan fingerprint density at radius 2 is 2.03 bits per heavy atom. The zero-order valence-corrected chi connectivity index (χ0v) is 16.9. The molecule has 0 bridgehead atoms. The van der Waals surface area contributed by atoms with Gasteiger partial charge < -0.3 is 25.8 Å². The van der Waals surface area contributed by atoms with Crippen LogP contribution < -0.4 is 31.2 Å². The van der Waals surface area contributed by atoms with E-state index in [9.17, 15) is 9.59 Å². The maximum Gasteiger partial charge on any atom is 0.252 e. The summed E-state index contributed by atoms with van der Waals surface area (Å²) in [6.45, 7) is 0. The number of benzene rings is 1. The molecule has 0 saturated carbocycles. The number of ether oxygens (including phenoxy) is 2. The summed E-state index contributed by atoms with van der Waals surface area (Å²) < 4.78 is 10.4. The molecule has 10 heteroatoms. The van der Waals surface area contributed by atoms with Gasteiger partial charge in [0.05, 0.1) is 26.1 Å². The highest BCUT2D eigenvalue weighted by Crippen LogP contribution is 2.27. The number of hydrogen-bond donors (Lipinski definition) is 4. The molecule has 9 nitrogen and oxygen atoms in total.